The third-order valence-corrected chi connectivity index (χ3v) is 2.75. The fourth-order valence-electron chi connectivity index (χ4n) is 1.49. The van der Waals surface area contributed by atoms with Gasteiger partial charge in [0.15, 0.2) is 5.78 Å². The Morgan fingerprint density at radius 2 is 1.84 bits per heavy atom. The molecule has 0 unspecified atom stereocenters. The second-order valence-corrected chi connectivity index (χ2v) is 4.29. The molecule has 19 heavy (non-hydrogen) atoms. The first kappa shape index (κ1) is 13.2. The number of halogens is 1. The van der Waals surface area contributed by atoms with Crippen LogP contribution in [-0.4, -0.2) is 23.2 Å². The Kier molecular flexibility index (Phi) is 4.26. The second kappa shape index (κ2) is 6.11. The van der Waals surface area contributed by atoms with E-state index in [0.29, 0.717) is 16.1 Å². The van der Waals surface area contributed by atoms with E-state index in [-0.39, 0.29) is 18.2 Å². The molecule has 0 fully saturated rings. The van der Waals surface area contributed by atoms with Gasteiger partial charge in [0.2, 0.25) is 0 Å². The minimum atomic E-state index is -0.311. The number of carbonyl (C=O) groups is 2. The number of Topliss-reactive ketones (excluding diaryl/α,β-unsaturated/α-hetero) is 1. The molecular weight excluding hydrogens is 264 g/mol. The lowest BCUT2D eigenvalue weighted by Crippen LogP contribution is -2.29. The molecule has 0 aliphatic rings. The van der Waals surface area contributed by atoms with Crippen molar-refractivity contribution in [2.24, 2.45) is 0 Å². The van der Waals surface area contributed by atoms with Crippen molar-refractivity contribution < 1.29 is 9.59 Å². The van der Waals surface area contributed by atoms with Crippen molar-refractivity contribution in [3.05, 3.63) is 64.9 Å². The van der Waals surface area contributed by atoms with Crippen LogP contribution in [0.3, 0.4) is 0 Å². The van der Waals surface area contributed by atoms with Crippen molar-refractivity contribution >= 4 is 23.3 Å². The number of nitrogens with one attached hydrogen (secondary N) is 1. The van der Waals surface area contributed by atoms with E-state index in [9.17, 15) is 9.59 Å². The number of amides is 1. The maximum atomic E-state index is 11.8. The van der Waals surface area contributed by atoms with Gasteiger partial charge in [-0.2, -0.15) is 0 Å². The summed E-state index contributed by atoms with van der Waals surface area (Å²) in [4.78, 5) is 27.4. The molecule has 2 aromatic rings. The van der Waals surface area contributed by atoms with Crippen molar-refractivity contribution in [1.82, 2.24) is 10.3 Å². The van der Waals surface area contributed by atoms with Crippen LogP contribution in [0.25, 0.3) is 0 Å². The molecule has 4 nitrogen and oxygen atoms in total. The van der Waals surface area contributed by atoms with Gasteiger partial charge in [0.1, 0.15) is 0 Å². The number of hydrogen-bond acceptors (Lipinski definition) is 3. The molecule has 0 saturated heterocycles. The largest absolute Gasteiger partial charge is 0.345 e. The molecule has 0 spiro atoms. The van der Waals surface area contributed by atoms with Crippen molar-refractivity contribution in [2.45, 2.75) is 0 Å². The Morgan fingerprint density at radius 3 is 2.47 bits per heavy atom. The molecule has 1 amide bonds. The topological polar surface area (TPSA) is 59.1 Å². The number of hydrogen-bond donors (Lipinski definition) is 1. The highest BCUT2D eigenvalue weighted by Crippen LogP contribution is 2.09. The highest BCUT2D eigenvalue weighted by atomic mass is 35.5. The molecule has 0 saturated carbocycles. The van der Waals surface area contributed by atoms with E-state index in [0.717, 1.165) is 0 Å². The maximum Gasteiger partial charge on any atom is 0.251 e. The standard InChI is InChI=1S/C14H11ClN2O2/c15-12-5-3-10(4-6-12)14(19)17-9-13(18)11-2-1-7-16-8-11/h1-8H,9H2,(H,17,19). The fraction of sp³-hybridized carbons (Fsp3) is 0.0714. The normalized spacial score (nSPS) is 9.95. The van der Waals surface area contributed by atoms with Crippen LogP contribution in [0.4, 0.5) is 0 Å². The molecule has 96 valence electrons. The molecule has 0 bridgehead atoms. The van der Waals surface area contributed by atoms with Crippen molar-refractivity contribution in [1.29, 1.82) is 0 Å². The monoisotopic (exact) mass is 274 g/mol. The maximum absolute atomic E-state index is 11.8. The quantitative estimate of drug-likeness (QED) is 0.871. The number of carbonyl (C=O) groups excluding carboxylic acids is 2. The lowest BCUT2D eigenvalue weighted by molar-refractivity contribution is 0.0904. The first-order valence-electron chi connectivity index (χ1n) is 5.64. The fourth-order valence-corrected chi connectivity index (χ4v) is 1.62. The van der Waals surface area contributed by atoms with Crippen LogP contribution in [-0.2, 0) is 0 Å². The number of rotatable bonds is 4. The van der Waals surface area contributed by atoms with E-state index in [1.165, 1.54) is 6.20 Å². The summed E-state index contributed by atoms with van der Waals surface area (Å²) in [5, 5.41) is 3.12. The molecule has 1 aromatic heterocycles. The van der Waals surface area contributed by atoms with Gasteiger partial charge in [-0.1, -0.05) is 11.6 Å². The van der Waals surface area contributed by atoms with Crippen molar-refractivity contribution in [3.63, 3.8) is 0 Å². The molecule has 0 aliphatic heterocycles. The SMILES string of the molecule is O=C(CNC(=O)c1ccc(Cl)cc1)c1cccnc1. The van der Waals surface area contributed by atoms with Crippen molar-refractivity contribution in [2.75, 3.05) is 6.54 Å². The molecule has 5 heteroatoms. The third kappa shape index (κ3) is 3.63. The molecule has 2 rings (SSSR count). The lowest BCUT2D eigenvalue weighted by Gasteiger charge is -2.04. The average Bonchev–Trinajstić information content (AvgIpc) is 2.46. The van der Waals surface area contributed by atoms with E-state index in [2.05, 4.69) is 10.3 Å². The van der Waals surface area contributed by atoms with E-state index in [1.54, 1.807) is 42.6 Å². The minimum Gasteiger partial charge on any atom is -0.345 e. The third-order valence-electron chi connectivity index (χ3n) is 2.50. The predicted molar refractivity (Wildman–Crippen MR) is 72.4 cm³/mol. The zero-order valence-corrected chi connectivity index (χ0v) is 10.7. The van der Waals surface area contributed by atoms with Gasteiger partial charge in [0.25, 0.3) is 5.91 Å². The van der Waals surface area contributed by atoms with E-state index in [4.69, 9.17) is 11.6 Å². The van der Waals surface area contributed by atoms with Gasteiger partial charge in [0, 0.05) is 28.5 Å². The minimum absolute atomic E-state index is 0.0623. The summed E-state index contributed by atoms with van der Waals surface area (Å²) < 4.78 is 0. The van der Waals surface area contributed by atoms with Crippen LogP contribution in [0, 0.1) is 0 Å². The first-order chi connectivity index (χ1) is 9.16. The van der Waals surface area contributed by atoms with Gasteiger partial charge in [-0.15, -0.1) is 0 Å². The zero-order valence-electron chi connectivity index (χ0n) is 9.97. The highest BCUT2D eigenvalue weighted by Gasteiger charge is 2.09. The summed E-state index contributed by atoms with van der Waals surface area (Å²) in [5.74, 6) is -0.496. The Balaban J connectivity index is 1.94. The van der Waals surface area contributed by atoms with Crippen LogP contribution in [0.2, 0.25) is 5.02 Å². The van der Waals surface area contributed by atoms with Gasteiger partial charge in [-0.25, -0.2) is 0 Å². The predicted octanol–water partition coefficient (Wildman–Crippen LogP) is 2.35. The Labute approximate surface area is 115 Å². The summed E-state index contributed by atoms with van der Waals surface area (Å²) in [5.41, 5.74) is 0.933. The summed E-state index contributed by atoms with van der Waals surface area (Å²) in [6.45, 7) is -0.0623. The van der Waals surface area contributed by atoms with Gasteiger partial charge in [0.05, 0.1) is 6.54 Å². The summed E-state index contributed by atoms with van der Waals surface area (Å²) >= 11 is 5.73. The number of aromatic nitrogens is 1. The van der Waals surface area contributed by atoms with Gasteiger partial charge in [-0.3, -0.25) is 14.6 Å². The molecule has 0 atom stereocenters. The van der Waals surface area contributed by atoms with E-state index >= 15 is 0 Å². The van der Waals surface area contributed by atoms with Crippen LogP contribution < -0.4 is 5.32 Å². The average molecular weight is 275 g/mol. The smallest absolute Gasteiger partial charge is 0.251 e. The second-order valence-electron chi connectivity index (χ2n) is 3.85. The van der Waals surface area contributed by atoms with Crippen LogP contribution in [0.5, 0.6) is 0 Å². The number of ketones is 1. The number of benzene rings is 1. The number of pyridine rings is 1. The summed E-state index contributed by atoms with van der Waals surface area (Å²) in [7, 11) is 0. The van der Waals surface area contributed by atoms with Gasteiger partial charge >= 0.3 is 0 Å². The highest BCUT2D eigenvalue weighted by molar-refractivity contribution is 6.30. The summed E-state index contributed by atoms with van der Waals surface area (Å²) in [6.07, 6.45) is 3.06. The van der Waals surface area contributed by atoms with Crippen LogP contribution in [0.15, 0.2) is 48.8 Å². The lowest BCUT2D eigenvalue weighted by atomic mass is 10.2. The Bertz CT molecular complexity index is 582. The van der Waals surface area contributed by atoms with E-state index in [1.807, 2.05) is 0 Å². The molecule has 1 aromatic carbocycles. The van der Waals surface area contributed by atoms with Gasteiger partial charge in [-0.05, 0) is 36.4 Å². The Hall–Kier alpha value is -2.20. The van der Waals surface area contributed by atoms with Gasteiger partial charge < -0.3 is 5.32 Å². The first-order valence-corrected chi connectivity index (χ1v) is 6.01. The molecule has 0 aliphatic carbocycles. The van der Waals surface area contributed by atoms with Crippen LogP contribution >= 0.6 is 11.6 Å². The van der Waals surface area contributed by atoms with E-state index < -0.39 is 0 Å². The number of nitrogens with zero attached hydrogens (tertiary/aromatic N) is 1. The molecule has 0 radical (unpaired) electrons. The van der Waals surface area contributed by atoms with Crippen molar-refractivity contribution in [3.8, 4) is 0 Å². The Morgan fingerprint density at radius 1 is 1.11 bits per heavy atom. The molecular formula is C14H11ClN2O2. The summed E-state index contributed by atoms with van der Waals surface area (Å²) in [6, 6.07) is 9.79. The zero-order chi connectivity index (χ0) is 13.7. The molecule has 1 N–H and O–H groups in total. The van der Waals surface area contributed by atoms with Crippen LogP contribution in [0.1, 0.15) is 20.7 Å². The molecule has 1 heterocycles.